The molecule has 0 spiro atoms. The van der Waals surface area contributed by atoms with Crippen LogP contribution in [0.4, 0.5) is 0 Å². The van der Waals surface area contributed by atoms with Crippen LogP contribution >= 0.6 is 0 Å². The average Bonchev–Trinajstić information content (AvgIpc) is 2.38. The lowest BCUT2D eigenvalue weighted by atomic mass is 9.99. The quantitative estimate of drug-likeness (QED) is 0.701. The Kier molecular flexibility index (Phi) is 8.07. The van der Waals surface area contributed by atoms with E-state index in [0.29, 0.717) is 18.4 Å². The van der Waals surface area contributed by atoms with Crippen LogP contribution in [-0.2, 0) is 4.79 Å². The molecule has 1 fully saturated rings. The number of rotatable bonds is 8. The number of carbonyl (C=O) groups excluding carboxylic acids is 1. The minimum absolute atomic E-state index is 0.172. The largest absolute Gasteiger partial charge is 0.355 e. The van der Waals surface area contributed by atoms with E-state index in [2.05, 4.69) is 36.3 Å². The number of carbonyl (C=O) groups is 1. The highest BCUT2D eigenvalue weighted by atomic mass is 16.2. The van der Waals surface area contributed by atoms with E-state index in [1.807, 2.05) is 0 Å². The van der Waals surface area contributed by atoms with Gasteiger partial charge in [0.25, 0.3) is 0 Å². The maximum atomic E-state index is 11.9. The standard InChI is InChI=1S/C15H31N3O/c1-4-18(11-14-6-5-8-16-10-14)12-15(19)17-9-7-13(2)3/h13-14,16H,4-12H2,1-3H3,(H,17,19). The monoisotopic (exact) mass is 269 g/mol. The molecular weight excluding hydrogens is 238 g/mol. The van der Waals surface area contributed by atoms with Crippen LogP contribution in [0.1, 0.15) is 40.0 Å². The molecule has 2 N–H and O–H groups in total. The molecule has 19 heavy (non-hydrogen) atoms. The van der Waals surface area contributed by atoms with E-state index in [4.69, 9.17) is 0 Å². The van der Waals surface area contributed by atoms with Crippen LogP contribution < -0.4 is 10.6 Å². The molecule has 0 aliphatic carbocycles. The van der Waals surface area contributed by atoms with Crippen LogP contribution in [0.2, 0.25) is 0 Å². The van der Waals surface area contributed by atoms with E-state index < -0.39 is 0 Å². The first-order chi connectivity index (χ1) is 9.11. The second kappa shape index (κ2) is 9.32. The molecule has 0 aromatic carbocycles. The molecule has 112 valence electrons. The maximum absolute atomic E-state index is 11.9. The number of nitrogens with one attached hydrogen (secondary N) is 2. The molecule has 1 rings (SSSR count). The van der Waals surface area contributed by atoms with Crippen molar-refractivity contribution in [2.45, 2.75) is 40.0 Å². The van der Waals surface area contributed by atoms with Gasteiger partial charge in [0.1, 0.15) is 0 Å². The highest BCUT2D eigenvalue weighted by Gasteiger charge is 2.17. The number of amides is 1. The highest BCUT2D eigenvalue weighted by Crippen LogP contribution is 2.11. The summed E-state index contributed by atoms with van der Waals surface area (Å²) in [6.07, 6.45) is 3.62. The lowest BCUT2D eigenvalue weighted by Crippen LogP contribution is -2.43. The van der Waals surface area contributed by atoms with Crippen LogP contribution in [-0.4, -0.2) is 50.1 Å². The molecule has 4 nitrogen and oxygen atoms in total. The fraction of sp³-hybridized carbons (Fsp3) is 0.933. The van der Waals surface area contributed by atoms with E-state index in [0.717, 1.165) is 39.1 Å². The SMILES string of the molecule is CCN(CC(=O)NCCC(C)C)CC1CCCNC1. The van der Waals surface area contributed by atoms with Crippen LogP contribution in [0.25, 0.3) is 0 Å². The number of likely N-dealkylation sites (N-methyl/N-ethyl adjacent to an activating group) is 1. The Morgan fingerprint density at radius 3 is 2.84 bits per heavy atom. The molecule has 1 atom stereocenters. The lowest BCUT2D eigenvalue weighted by Gasteiger charge is -2.29. The summed E-state index contributed by atoms with van der Waals surface area (Å²) in [6.45, 7) is 12.1. The Bertz CT molecular complexity index is 250. The van der Waals surface area contributed by atoms with Crippen molar-refractivity contribution in [1.29, 1.82) is 0 Å². The normalized spacial score (nSPS) is 19.9. The van der Waals surface area contributed by atoms with E-state index >= 15 is 0 Å². The Hall–Kier alpha value is -0.610. The predicted molar refractivity (Wildman–Crippen MR) is 80.2 cm³/mol. The summed E-state index contributed by atoms with van der Waals surface area (Å²) < 4.78 is 0. The molecule has 1 unspecified atom stereocenters. The fourth-order valence-corrected chi connectivity index (χ4v) is 2.51. The summed E-state index contributed by atoms with van der Waals surface area (Å²) in [5.41, 5.74) is 0. The number of piperidine rings is 1. The summed E-state index contributed by atoms with van der Waals surface area (Å²) in [6, 6.07) is 0. The molecular formula is C15H31N3O. The van der Waals surface area contributed by atoms with E-state index in [1.165, 1.54) is 12.8 Å². The second-order valence-corrected chi connectivity index (χ2v) is 6.07. The lowest BCUT2D eigenvalue weighted by molar-refractivity contribution is -0.122. The Labute approximate surface area is 118 Å². The predicted octanol–water partition coefficient (Wildman–Crippen LogP) is 1.47. The molecule has 0 aromatic heterocycles. The third kappa shape index (κ3) is 7.53. The van der Waals surface area contributed by atoms with Gasteiger partial charge in [-0.15, -0.1) is 0 Å². The topological polar surface area (TPSA) is 44.4 Å². The van der Waals surface area contributed by atoms with Crippen molar-refractivity contribution in [1.82, 2.24) is 15.5 Å². The summed E-state index contributed by atoms with van der Waals surface area (Å²) in [7, 11) is 0. The number of hydrogen-bond acceptors (Lipinski definition) is 3. The van der Waals surface area contributed by atoms with Gasteiger partial charge in [-0.3, -0.25) is 9.69 Å². The molecule has 1 saturated heterocycles. The van der Waals surface area contributed by atoms with Gasteiger partial charge in [0, 0.05) is 13.1 Å². The molecule has 1 heterocycles. The van der Waals surface area contributed by atoms with Crippen molar-refractivity contribution in [2.75, 3.05) is 39.3 Å². The van der Waals surface area contributed by atoms with Gasteiger partial charge in [-0.05, 0) is 50.7 Å². The summed E-state index contributed by atoms with van der Waals surface area (Å²) >= 11 is 0. The molecule has 1 amide bonds. The van der Waals surface area contributed by atoms with Crippen LogP contribution in [0.15, 0.2) is 0 Å². The van der Waals surface area contributed by atoms with Crippen LogP contribution in [0, 0.1) is 11.8 Å². The second-order valence-electron chi connectivity index (χ2n) is 6.07. The van der Waals surface area contributed by atoms with Crippen molar-refractivity contribution in [3.05, 3.63) is 0 Å². The van der Waals surface area contributed by atoms with Gasteiger partial charge in [0.05, 0.1) is 6.54 Å². The first kappa shape index (κ1) is 16.4. The van der Waals surface area contributed by atoms with Crippen LogP contribution in [0.3, 0.4) is 0 Å². The van der Waals surface area contributed by atoms with Crippen molar-refractivity contribution in [3.63, 3.8) is 0 Å². The van der Waals surface area contributed by atoms with Crippen molar-refractivity contribution < 1.29 is 4.79 Å². The Morgan fingerprint density at radius 1 is 1.47 bits per heavy atom. The zero-order valence-corrected chi connectivity index (χ0v) is 12.9. The fourth-order valence-electron chi connectivity index (χ4n) is 2.51. The molecule has 1 aliphatic heterocycles. The average molecular weight is 269 g/mol. The van der Waals surface area contributed by atoms with Gasteiger partial charge in [0.2, 0.25) is 5.91 Å². The smallest absolute Gasteiger partial charge is 0.234 e. The van der Waals surface area contributed by atoms with Gasteiger partial charge in [-0.2, -0.15) is 0 Å². The Morgan fingerprint density at radius 2 is 2.26 bits per heavy atom. The third-order valence-electron chi connectivity index (χ3n) is 3.77. The van der Waals surface area contributed by atoms with Gasteiger partial charge < -0.3 is 10.6 Å². The highest BCUT2D eigenvalue weighted by molar-refractivity contribution is 5.77. The molecule has 0 saturated carbocycles. The number of nitrogens with zero attached hydrogens (tertiary/aromatic N) is 1. The molecule has 1 aliphatic rings. The van der Waals surface area contributed by atoms with Gasteiger partial charge >= 0.3 is 0 Å². The zero-order valence-electron chi connectivity index (χ0n) is 12.9. The van der Waals surface area contributed by atoms with Crippen LogP contribution in [0.5, 0.6) is 0 Å². The Balaban J connectivity index is 2.20. The third-order valence-corrected chi connectivity index (χ3v) is 3.77. The molecule has 0 aromatic rings. The number of hydrogen-bond donors (Lipinski definition) is 2. The minimum Gasteiger partial charge on any atom is -0.355 e. The molecule has 0 bridgehead atoms. The zero-order chi connectivity index (χ0) is 14.1. The van der Waals surface area contributed by atoms with Crippen molar-refractivity contribution in [3.8, 4) is 0 Å². The maximum Gasteiger partial charge on any atom is 0.234 e. The van der Waals surface area contributed by atoms with Gasteiger partial charge in [-0.25, -0.2) is 0 Å². The molecule has 0 radical (unpaired) electrons. The summed E-state index contributed by atoms with van der Waals surface area (Å²) in [5.74, 6) is 1.53. The van der Waals surface area contributed by atoms with E-state index in [9.17, 15) is 4.79 Å². The minimum atomic E-state index is 0.172. The first-order valence-corrected chi connectivity index (χ1v) is 7.81. The summed E-state index contributed by atoms with van der Waals surface area (Å²) in [4.78, 5) is 14.1. The van der Waals surface area contributed by atoms with E-state index in [-0.39, 0.29) is 5.91 Å². The molecule has 4 heteroatoms. The van der Waals surface area contributed by atoms with Gasteiger partial charge in [-0.1, -0.05) is 20.8 Å². The first-order valence-electron chi connectivity index (χ1n) is 7.81. The van der Waals surface area contributed by atoms with Crippen molar-refractivity contribution >= 4 is 5.91 Å². The van der Waals surface area contributed by atoms with Gasteiger partial charge in [0.15, 0.2) is 0 Å². The van der Waals surface area contributed by atoms with E-state index in [1.54, 1.807) is 0 Å². The summed E-state index contributed by atoms with van der Waals surface area (Å²) in [5, 5.41) is 6.46. The van der Waals surface area contributed by atoms with Crippen molar-refractivity contribution in [2.24, 2.45) is 11.8 Å².